The standard InChI is InChI=1S/C24H60O6Si6/c1-19(2,3)34(20(4,5)6)27-32-25-31-26-33-28-35(21(7,8)9,22(10,11)12)30-36(29-34,23(13,14)15)24(16,17)18/h31-33H2,1-18H3. The quantitative estimate of drug-likeness (QED) is 0.303. The van der Waals surface area contributed by atoms with Crippen molar-refractivity contribution in [3.05, 3.63) is 0 Å². The molecule has 0 aromatic heterocycles. The minimum Gasteiger partial charge on any atom is -0.425 e. The molecule has 0 unspecified atom stereocenters. The van der Waals surface area contributed by atoms with E-state index >= 15 is 0 Å². The molecular weight excluding hydrogens is 553 g/mol. The Bertz CT molecular complexity index is 645. The van der Waals surface area contributed by atoms with E-state index in [1.165, 1.54) is 0 Å². The van der Waals surface area contributed by atoms with Crippen molar-refractivity contribution < 1.29 is 24.7 Å². The van der Waals surface area contributed by atoms with Crippen LogP contribution in [0.4, 0.5) is 0 Å². The summed E-state index contributed by atoms with van der Waals surface area (Å²) < 4.78 is 42.3. The van der Waals surface area contributed by atoms with Crippen LogP contribution in [0.3, 0.4) is 0 Å². The fraction of sp³-hybridized carbons (Fsp3) is 1.00. The molecule has 0 aliphatic carbocycles. The highest BCUT2D eigenvalue weighted by Crippen LogP contribution is 2.64. The van der Waals surface area contributed by atoms with E-state index in [1.807, 2.05) is 0 Å². The van der Waals surface area contributed by atoms with Crippen molar-refractivity contribution in [1.82, 2.24) is 0 Å². The van der Waals surface area contributed by atoms with Crippen molar-refractivity contribution in [2.45, 2.75) is 155 Å². The van der Waals surface area contributed by atoms with Gasteiger partial charge in [0.1, 0.15) is 0 Å². The van der Waals surface area contributed by atoms with E-state index in [9.17, 15) is 0 Å². The predicted octanol–water partition coefficient (Wildman–Crippen LogP) is 6.22. The summed E-state index contributed by atoms with van der Waals surface area (Å²) in [4.78, 5) is 0. The molecule has 0 bridgehead atoms. The first kappa shape index (κ1) is 35.1. The molecule has 0 spiro atoms. The summed E-state index contributed by atoms with van der Waals surface area (Å²) in [6.45, 7) is 41.2. The Morgan fingerprint density at radius 2 is 0.556 bits per heavy atom. The van der Waals surface area contributed by atoms with Crippen molar-refractivity contribution in [3.8, 4) is 0 Å². The maximum atomic E-state index is 7.93. The molecule has 1 aliphatic heterocycles. The fourth-order valence-electron chi connectivity index (χ4n) is 6.33. The zero-order chi connectivity index (χ0) is 28.9. The Morgan fingerprint density at radius 1 is 0.333 bits per heavy atom. The van der Waals surface area contributed by atoms with E-state index in [1.54, 1.807) is 0 Å². The molecule has 0 N–H and O–H groups in total. The van der Waals surface area contributed by atoms with Gasteiger partial charge in [-0.05, 0) is 0 Å². The lowest BCUT2D eigenvalue weighted by molar-refractivity contribution is 0.171. The molecule has 1 saturated heterocycles. The summed E-state index contributed by atoms with van der Waals surface area (Å²) in [5.41, 5.74) is 0. The van der Waals surface area contributed by atoms with Gasteiger partial charge in [0.15, 0.2) is 0 Å². The van der Waals surface area contributed by atoms with Crippen molar-refractivity contribution in [3.63, 3.8) is 0 Å². The third-order valence-electron chi connectivity index (χ3n) is 7.36. The average Bonchev–Trinajstić information content (AvgIpc) is 2.55. The van der Waals surface area contributed by atoms with Gasteiger partial charge in [0.2, 0.25) is 0 Å². The van der Waals surface area contributed by atoms with E-state index in [4.69, 9.17) is 24.7 Å². The normalized spacial score (nSPS) is 25.5. The average molecular weight is 613 g/mol. The van der Waals surface area contributed by atoms with Crippen LogP contribution in [0.2, 0.25) is 30.2 Å². The van der Waals surface area contributed by atoms with Crippen LogP contribution in [0, 0.1) is 0 Å². The minimum atomic E-state index is -3.15. The first-order valence-corrected chi connectivity index (χ1v) is 22.4. The van der Waals surface area contributed by atoms with Gasteiger partial charge in [-0.15, -0.1) is 0 Å². The van der Waals surface area contributed by atoms with Gasteiger partial charge >= 0.3 is 25.7 Å². The number of hydrogen-bond donors (Lipinski definition) is 0. The van der Waals surface area contributed by atoms with Crippen LogP contribution in [0.15, 0.2) is 0 Å². The zero-order valence-corrected chi connectivity index (χ0v) is 34.3. The summed E-state index contributed by atoms with van der Waals surface area (Å²) in [7, 11) is -12.8. The summed E-state index contributed by atoms with van der Waals surface area (Å²) in [5.74, 6) is 0. The maximum Gasteiger partial charge on any atom is 0.331 e. The van der Waals surface area contributed by atoms with Gasteiger partial charge in [0, 0.05) is 30.2 Å². The Hall–Kier alpha value is 1.06. The number of hydrogen-bond acceptors (Lipinski definition) is 6. The van der Waals surface area contributed by atoms with Crippen molar-refractivity contribution >= 4 is 55.7 Å². The van der Waals surface area contributed by atoms with Gasteiger partial charge in [0.25, 0.3) is 30.0 Å². The molecule has 0 atom stereocenters. The lowest BCUT2D eigenvalue weighted by Gasteiger charge is -2.63. The molecule has 12 heteroatoms. The molecule has 216 valence electrons. The van der Waals surface area contributed by atoms with Gasteiger partial charge in [-0.25, -0.2) is 0 Å². The van der Waals surface area contributed by atoms with Gasteiger partial charge in [-0.2, -0.15) is 0 Å². The minimum absolute atomic E-state index is 0.199. The molecule has 6 nitrogen and oxygen atoms in total. The first-order valence-electron chi connectivity index (χ1n) is 13.5. The lowest BCUT2D eigenvalue weighted by atomic mass is 10.2. The van der Waals surface area contributed by atoms with E-state index in [0.29, 0.717) is 0 Å². The summed E-state index contributed by atoms with van der Waals surface area (Å²) >= 11 is 0. The number of rotatable bonds is 0. The topological polar surface area (TPSA) is 55.4 Å². The van der Waals surface area contributed by atoms with E-state index in [-0.39, 0.29) is 30.2 Å². The van der Waals surface area contributed by atoms with Crippen LogP contribution in [-0.4, -0.2) is 55.7 Å². The molecule has 1 aliphatic rings. The SMILES string of the molecule is CC(C)(C)[Si]1(C(C)(C)C)O[SiH2]O[SiH2]O[SiH2]O[Si](C(C)(C)C)(C(C)(C)C)O[Si](C(C)(C)C)(C(C)(C)C)O1. The van der Waals surface area contributed by atoms with E-state index < -0.39 is 55.7 Å². The van der Waals surface area contributed by atoms with Crippen molar-refractivity contribution in [2.24, 2.45) is 0 Å². The van der Waals surface area contributed by atoms with Gasteiger partial charge < -0.3 is 24.7 Å². The smallest absolute Gasteiger partial charge is 0.331 e. The highest BCUT2D eigenvalue weighted by atomic mass is 28.5. The Labute approximate surface area is 234 Å². The molecule has 36 heavy (non-hydrogen) atoms. The molecule has 0 amide bonds. The highest BCUT2D eigenvalue weighted by molar-refractivity contribution is 6.93. The second-order valence-corrected chi connectivity index (χ2v) is 37.2. The van der Waals surface area contributed by atoms with Crippen molar-refractivity contribution in [1.29, 1.82) is 0 Å². The summed E-state index contributed by atoms with van der Waals surface area (Å²) in [6, 6.07) is 0. The van der Waals surface area contributed by atoms with Crippen molar-refractivity contribution in [2.75, 3.05) is 0 Å². The van der Waals surface area contributed by atoms with Gasteiger partial charge in [0.05, 0.1) is 0 Å². The molecule has 0 radical (unpaired) electrons. The molecule has 0 aromatic carbocycles. The second kappa shape index (κ2) is 10.8. The van der Waals surface area contributed by atoms with Gasteiger partial charge in [-0.3, -0.25) is 0 Å². The third kappa shape index (κ3) is 6.51. The molecule has 0 saturated carbocycles. The maximum absolute atomic E-state index is 7.93. The molecular formula is C24H60O6Si6. The van der Waals surface area contributed by atoms with Crippen LogP contribution in [0.25, 0.3) is 0 Å². The Kier molecular flexibility index (Phi) is 10.5. The lowest BCUT2D eigenvalue weighted by Crippen LogP contribution is -2.74. The summed E-state index contributed by atoms with van der Waals surface area (Å²) in [6.07, 6.45) is 0. The predicted molar refractivity (Wildman–Crippen MR) is 168 cm³/mol. The zero-order valence-electron chi connectivity index (χ0n) is 27.1. The van der Waals surface area contributed by atoms with Crippen LogP contribution in [0.5, 0.6) is 0 Å². The summed E-state index contributed by atoms with van der Waals surface area (Å²) in [5, 5.41) is -1.29. The van der Waals surface area contributed by atoms with Crippen LogP contribution >= 0.6 is 0 Å². The molecule has 1 fully saturated rings. The molecule has 0 aromatic rings. The molecule has 1 heterocycles. The van der Waals surface area contributed by atoms with Crippen LogP contribution in [0.1, 0.15) is 125 Å². The van der Waals surface area contributed by atoms with Crippen LogP contribution in [-0.2, 0) is 24.7 Å². The third-order valence-corrected chi connectivity index (χ3v) is 30.7. The second-order valence-electron chi connectivity index (χ2n) is 16.6. The van der Waals surface area contributed by atoms with Gasteiger partial charge in [-0.1, -0.05) is 125 Å². The highest BCUT2D eigenvalue weighted by Gasteiger charge is 2.72. The fourth-order valence-corrected chi connectivity index (χ4v) is 40.7. The Morgan fingerprint density at radius 3 is 0.750 bits per heavy atom. The molecule has 1 rings (SSSR count). The largest absolute Gasteiger partial charge is 0.425 e. The van der Waals surface area contributed by atoms with E-state index in [2.05, 4.69) is 125 Å². The Balaban J connectivity index is 4.27. The first-order chi connectivity index (χ1) is 15.6. The van der Waals surface area contributed by atoms with E-state index in [0.717, 1.165) is 0 Å². The monoisotopic (exact) mass is 612 g/mol. The van der Waals surface area contributed by atoms with Crippen LogP contribution < -0.4 is 0 Å².